The molecule has 0 spiro atoms. The van der Waals surface area contributed by atoms with Crippen LogP contribution in [0.4, 0.5) is 4.39 Å². The number of terminal acetylenes is 1. The summed E-state index contributed by atoms with van der Waals surface area (Å²) in [7, 11) is 0. The van der Waals surface area contributed by atoms with Crippen molar-refractivity contribution in [2.75, 3.05) is 0 Å². The number of fused-ring (bicyclic) bond motifs is 1. The van der Waals surface area contributed by atoms with Crippen LogP contribution < -0.4 is 0 Å². The highest BCUT2D eigenvalue weighted by Gasteiger charge is 2.35. The standard InChI is InChI=1S/C14H15FO/c1-2-3-4-8-14(16)9-7-11-10-12(15)5-6-13(11)14/h1,5-6,10,16H,3-4,7-9H2. The van der Waals surface area contributed by atoms with Crippen molar-refractivity contribution in [3.8, 4) is 12.3 Å². The summed E-state index contributed by atoms with van der Waals surface area (Å²) in [5, 5.41) is 10.5. The highest BCUT2D eigenvalue weighted by molar-refractivity contribution is 5.37. The third kappa shape index (κ3) is 1.96. The second-order valence-electron chi connectivity index (χ2n) is 4.39. The molecule has 0 saturated carbocycles. The fourth-order valence-electron chi connectivity index (χ4n) is 2.44. The molecule has 0 heterocycles. The lowest BCUT2D eigenvalue weighted by Crippen LogP contribution is -2.21. The van der Waals surface area contributed by atoms with Gasteiger partial charge in [-0.1, -0.05) is 6.07 Å². The summed E-state index contributed by atoms with van der Waals surface area (Å²) in [5.74, 6) is 2.34. The summed E-state index contributed by atoms with van der Waals surface area (Å²) in [6.45, 7) is 0. The first-order valence-electron chi connectivity index (χ1n) is 5.60. The first-order chi connectivity index (χ1) is 7.65. The van der Waals surface area contributed by atoms with Crippen molar-refractivity contribution >= 4 is 0 Å². The van der Waals surface area contributed by atoms with E-state index < -0.39 is 5.60 Å². The summed E-state index contributed by atoms with van der Waals surface area (Å²) >= 11 is 0. The normalized spacial score (nSPS) is 22.8. The molecule has 1 aliphatic rings. The average Bonchev–Trinajstić information content (AvgIpc) is 2.57. The van der Waals surface area contributed by atoms with Crippen LogP contribution in [0, 0.1) is 18.2 Å². The van der Waals surface area contributed by atoms with Crippen LogP contribution >= 0.6 is 0 Å². The molecular formula is C14H15FO. The molecule has 1 unspecified atom stereocenters. The Bertz CT molecular complexity index is 433. The summed E-state index contributed by atoms with van der Waals surface area (Å²) in [6.07, 6.45) is 8.77. The molecular weight excluding hydrogens is 203 g/mol. The van der Waals surface area contributed by atoms with Crippen LogP contribution in [0.25, 0.3) is 0 Å². The Balaban J connectivity index is 2.19. The number of halogens is 1. The molecule has 0 aromatic heterocycles. The zero-order valence-corrected chi connectivity index (χ0v) is 9.17. The van der Waals surface area contributed by atoms with Gasteiger partial charge in [-0.15, -0.1) is 12.3 Å². The molecule has 2 heteroatoms. The number of hydrogen-bond donors (Lipinski definition) is 1. The second-order valence-corrected chi connectivity index (χ2v) is 4.39. The minimum atomic E-state index is -0.792. The Morgan fingerprint density at radius 3 is 3.06 bits per heavy atom. The third-order valence-electron chi connectivity index (χ3n) is 3.29. The van der Waals surface area contributed by atoms with E-state index in [9.17, 15) is 9.50 Å². The number of unbranched alkanes of at least 4 members (excludes halogenated alkanes) is 1. The quantitative estimate of drug-likeness (QED) is 0.611. The predicted octanol–water partition coefficient (Wildman–Crippen LogP) is 2.76. The maximum Gasteiger partial charge on any atom is 0.123 e. The van der Waals surface area contributed by atoms with Gasteiger partial charge in [-0.25, -0.2) is 4.39 Å². The molecule has 1 aromatic rings. The fourth-order valence-corrected chi connectivity index (χ4v) is 2.44. The Hall–Kier alpha value is -1.33. The van der Waals surface area contributed by atoms with E-state index >= 15 is 0 Å². The van der Waals surface area contributed by atoms with Gasteiger partial charge in [0, 0.05) is 6.42 Å². The Labute approximate surface area is 95.3 Å². The van der Waals surface area contributed by atoms with E-state index in [2.05, 4.69) is 5.92 Å². The van der Waals surface area contributed by atoms with Gasteiger partial charge in [0.25, 0.3) is 0 Å². The first-order valence-corrected chi connectivity index (χ1v) is 5.60. The van der Waals surface area contributed by atoms with E-state index in [0.29, 0.717) is 19.3 Å². The first kappa shape index (κ1) is 11.2. The molecule has 16 heavy (non-hydrogen) atoms. The van der Waals surface area contributed by atoms with Crippen molar-refractivity contribution in [1.29, 1.82) is 0 Å². The molecule has 1 N–H and O–H groups in total. The maximum absolute atomic E-state index is 13.0. The average molecular weight is 218 g/mol. The molecule has 1 aliphatic carbocycles. The van der Waals surface area contributed by atoms with Crippen molar-refractivity contribution in [3.63, 3.8) is 0 Å². The Morgan fingerprint density at radius 1 is 1.50 bits per heavy atom. The lowest BCUT2D eigenvalue weighted by atomic mass is 9.90. The van der Waals surface area contributed by atoms with Crippen LogP contribution in [-0.4, -0.2) is 5.11 Å². The molecule has 1 aromatic carbocycles. The van der Waals surface area contributed by atoms with E-state index in [1.807, 2.05) is 0 Å². The van der Waals surface area contributed by atoms with Gasteiger partial charge in [0.15, 0.2) is 0 Å². The lowest BCUT2D eigenvalue weighted by Gasteiger charge is -2.23. The zero-order chi connectivity index (χ0) is 11.6. The van der Waals surface area contributed by atoms with Crippen molar-refractivity contribution < 1.29 is 9.50 Å². The van der Waals surface area contributed by atoms with Crippen molar-refractivity contribution in [3.05, 3.63) is 35.1 Å². The largest absolute Gasteiger partial charge is 0.385 e. The van der Waals surface area contributed by atoms with Gasteiger partial charge in [0.2, 0.25) is 0 Å². The SMILES string of the molecule is C#CCCCC1(O)CCc2cc(F)ccc21. The number of hydrogen-bond acceptors (Lipinski definition) is 1. The predicted molar refractivity (Wildman–Crippen MR) is 61.3 cm³/mol. The van der Waals surface area contributed by atoms with Crippen molar-refractivity contribution in [2.24, 2.45) is 0 Å². The fraction of sp³-hybridized carbons (Fsp3) is 0.429. The summed E-state index contributed by atoms with van der Waals surface area (Å²) in [6, 6.07) is 4.64. The molecule has 1 atom stereocenters. The highest BCUT2D eigenvalue weighted by atomic mass is 19.1. The minimum Gasteiger partial charge on any atom is -0.385 e. The van der Waals surface area contributed by atoms with E-state index in [1.54, 1.807) is 6.07 Å². The molecule has 0 fully saturated rings. The van der Waals surface area contributed by atoms with Crippen LogP contribution in [0.15, 0.2) is 18.2 Å². The summed E-state index contributed by atoms with van der Waals surface area (Å²) in [5.41, 5.74) is 1.02. The van der Waals surface area contributed by atoms with Gasteiger partial charge < -0.3 is 5.11 Å². The van der Waals surface area contributed by atoms with Crippen molar-refractivity contribution in [1.82, 2.24) is 0 Å². The Kier molecular flexibility index (Phi) is 2.98. The van der Waals surface area contributed by atoms with Crippen molar-refractivity contribution in [2.45, 2.75) is 37.7 Å². The molecule has 1 nitrogen and oxygen atoms in total. The number of aryl methyl sites for hydroxylation is 1. The maximum atomic E-state index is 13.0. The third-order valence-corrected chi connectivity index (χ3v) is 3.29. The summed E-state index contributed by atoms with van der Waals surface area (Å²) in [4.78, 5) is 0. The monoisotopic (exact) mass is 218 g/mol. The minimum absolute atomic E-state index is 0.230. The van der Waals surface area contributed by atoms with Crippen LogP contribution in [0.3, 0.4) is 0 Å². The number of benzene rings is 1. The molecule has 84 valence electrons. The Morgan fingerprint density at radius 2 is 2.31 bits per heavy atom. The van der Waals surface area contributed by atoms with Gasteiger partial charge in [-0.2, -0.15) is 0 Å². The molecule has 2 rings (SSSR count). The number of rotatable bonds is 3. The van der Waals surface area contributed by atoms with E-state index in [1.165, 1.54) is 12.1 Å². The van der Waals surface area contributed by atoms with E-state index in [0.717, 1.165) is 24.0 Å². The van der Waals surface area contributed by atoms with Gasteiger partial charge in [-0.3, -0.25) is 0 Å². The van der Waals surface area contributed by atoms with E-state index in [-0.39, 0.29) is 5.82 Å². The topological polar surface area (TPSA) is 20.2 Å². The van der Waals surface area contributed by atoms with Crippen LogP contribution in [0.5, 0.6) is 0 Å². The lowest BCUT2D eigenvalue weighted by molar-refractivity contribution is 0.0278. The molecule has 0 radical (unpaired) electrons. The van der Waals surface area contributed by atoms with Gasteiger partial charge in [0.1, 0.15) is 5.82 Å². The van der Waals surface area contributed by atoms with Gasteiger partial charge >= 0.3 is 0 Å². The van der Waals surface area contributed by atoms with E-state index in [4.69, 9.17) is 6.42 Å². The highest BCUT2D eigenvalue weighted by Crippen LogP contribution is 2.40. The molecule has 0 saturated heterocycles. The molecule has 0 amide bonds. The smallest absolute Gasteiger partial charge is 0.123 e. The zero-order valence-electron chi connectivity index (χ0n) is 9.17. The van der Waals surface area contributed by atoms with Gasteiger partial charge in [-0.05, 0) is 48.9 Å². The summed E-state index contributed by atoms with van der Waals surface area (Å²) < 4.78 is 13.0. The number of aliphatic hydroxyl groups is 1. The van der Waals surface area contributed by atoms with Crippen LogP contribution in [-0.2, 0) is 12.0 Å². The van der Waals surface area contributed by atoms with Crippen LogP contribution in [0.1, 0.15) is 36.8 Å². The molecule has 0 bridgehead atoms. The van der Waals surface area contributed by atoms with Gasteiger partial charge in [0.05, 0.1) is 5.60 Å². The van der Waals surface area contributed by atoms with Crippen LogP contribution in [0.2, 0.25) is 0 Å². The second kappa shape index (κ2) is 4.27. The molecule has 0 aliphatic heterocycles.